The van der Waals surface area contributed by atoms with E-state index in [-0.39, 0.29) is 5.41 Å². The molecule has 0 saturated heterocycles. The Morgan fingerprint density at radius 1 is 1.46 bits per heavy atom. The van der Waals surface area contributed by atoms with Crippen LogP contribution in [0.1, 0.15) is 32.4 Å². The van der Waals surface area contributed by atoms with Gasteiger partial charge >= 0.3 is 0 Å². The van der Waals surface area contributed by atoms with Crippen LogP contribution in [0.2, 0.25) is 0 Å². The summed E-state index contributed by atoms with van der Waals surface area (Å²) >= 11 is 0. The maximum absolute atomic E-state index is 9.76. The summed E-state index contributed by atoms with van der Waals surface area (Å²) in [4.78, 5) is 3.96. The Balaban J connectivity index is 2.64. The fourth-order valence-electron chi connectivity index (χ4n) is 1.12. The van der Waals surface area contributed by atoms with Crippen molar-refractivity contribution in [3.05, 3.63) is 36.5 Å². The van der Waals surface area contributed by atoms with Gasteiger partial charge in [-0.25, -0.2) is 0 Å². The van der Waals surface area contributed by atoms with Crippen LogP contribution in [-0.2, 0) is 0 Å². The summed E-state index contributed by atoms with van der Waals surface area (Å²) in [6.07, 6.45) is 4.78. The van der Waals surface area contributed by atoms with Crippen molar-refractivity contribution < 1.29 is 5.11 Å². The molecule has 0 aromatic carbocycles. The first kappa shape index (κ1) is 10.2. The van der Waals surface area contributed by atoms with Crippen LogP contribution in [0.4, 0.5) is 0 Å². The van der Waals surface area contributed by atoms with E-state index in [0.29, 0.717) is 0 Å². The van der Waals surface area contributed by atoms with Crippen LogP contribution < -0.4 is 0 Å². The van der Waals surface area contributed by atoms with Crippen LogP contribution in [0.5, 0.6) is 0 Å². The summed E-state index contributed by atoms with van der Waals surface area (Å²) in [5.41, 5.74) is 0.868. The van der Waals surface area contributed by atoms with Crippen molar-refractivity contribution in [2.75, 3.05) is 0 Å². The normalized spacial score (nSPS) is 14.2. The third-order valence-electron chi connectivity index (χ3n) is 1.68. The number of hydrogen-bond acceptors (Lipinski definition) is 2. The Morgan fingerprint density at radius 2 is 2.15 bits per heavy atom. The number of nitrogens with zero attached hydrogens (tertiary/aromatic N) is 1. The van der Waals surface area contributed by atoms with E-state index in [1.165, 1.54) is 0 Å². The maximum atomic E-state index is 9.76. The van der Waals surface area contributed by atoms with E-state index >= 15 is 0 Å². The van der Waals surface area contributed by atoms with Crippen LogP contribution in [0.3, 0.4) is 0 Å². The van der Waals surface area contributed by atoms with Gasteiger partial charge in [-0.1, -0.05) is 26.8 Å². The number of pyridine rings is 1. The molecule has 0 bridgehead atoms. The minimum absolute atomic E-state index is 0.0231. The summed E-state index contributed by atoms with van der Waals surface area (Å²) in [7, 11) is 0. The van der Waals surface area contributed by atoms with Gasteiger partial charge in [-0.15, -0.1) is 0 Å². The minimum atomic E-state index is -0.520. The lowest BCUT2D eigenvalue weighted by molar-refractivity contribution is 0.182. The summed E-state index contributed by atoms with van der Waals surface area (Å²) < 4.78 is 0. The molecule has 0 unspecified atom stereocenters. The molecule has 1 heterocycles. The van der Waals surface area contributed by atoms with Crippen LogP contribution >= 0.6 is 0 Å². The smallest absolute Gasteiger partial charge is 0.0841 e. The lowest BCUT2D eigenvalue weighted by atomic mass is 9.87. The predicted octanol–water partition coefficient (Wildman–Crippen LogP) is 2.37. The van der Waals surface area contributed by atoms with Crippen LogP contribution in [0.25, 0.3) is 0 Å². The number of rotatable bonds is 2. The Morgan fingerprint density at radius 3 is 2.62 bits per heavy atom. The van der Waals surface area contributed by atoms with E-state index in [9.17, 15) is 5.11 Å². The van der Waals surface area contributed by atoms with Crippen molar-refractivity contribution in [1.82, 2.24) is 4.98 Å². The second kappa shape index (κ2) is 3.88. The van der Waals surface area contributed by atoms with E-state index in [4.69, 9.17) is 0 Å². The number of aliphatic hydroxyl groups is 1. The second-order valence-corrected chi connectivity index (χ2v) is 4.26. The molecule has 1 radical (unpaired) electrons. The van der Waals surface area contributed by atoms with E-state index in [2.05, 4.69) is 25.8 Å². The van der Waals surface area contributed by atoms with E-state index in [1.807, 2.05) is 18.6 Å². The van der Waals surface area contributed by atoms with Gasteiger partial charge in [0, 0.05) is 18.8 Å². The van der Waals surface area contributed by atoms with Crippen molar-refractivity contribution in [3.8, 4) is 0 Å². The van der Waals surface area contributed by atoms with Gasteiger partial charge in [0.25, 0.3) is 0 Å². The van der Waals surface area contributed by atoms with Gasteiger partial charge < -0.3 is 5.11 Å². The first-order valence-electron chi connectivity index (χ1n) is 4.43. The van der Waals surface area contributed by atoms with E-state index in [1.54, 1.807) is 12.4 Å². The molecule has 1 N–H and O–H groups in total. The second-order valence-electron chi connectivity index (χ2n) is 4.26. The zero-order chi connectivity index (χ0) is 9.90. The first-order valence-corrected chi connectivity index (χ1v) is 4.43. The Kier molecular flexibility index (Phi) is 3.04. The molecule has 2 nitrogen and oxygen atoms in total. The summed E-state index contributed by atoms with van der Waals surface area (Å²) in [6, 6.07) is 3.70. The molecule has 0 aliphatic rings. The Labute approximate surface area is 79.6 Å². The van der Waals surface area contributed by atoms with Crippen molar-refractivity contribution in [1.29, 1.82) is 0 Å². The summed E-state index contributed by atoms with van der Waals surface area (Å²) in [5.74, 6) is 0. The van der Waals surface area contributed by atoms with Gasteiger partial charge in [0.05, 0.1) is 6.10 Å². The number of aliphatic hydroxyl groups excluding tert-OH is 1. The van der Waals surface area contributed by atoms with Gasteiger partial charge in [0.15, 0.2) is 0 Å². The molecule has 2 heteroatoms. The highest BCUT2D eigenvalue weighted by Gasteiger charge is 2.18. The van der Waals surface area contributed by atoms with Gasteiger partial charge in [0.2, 0.25) is 0 Å². The molecule has 71 valence electrons. The van der Waals surface area contributed by atoms with Crippen molar-refractivity contribution in [2.24, 2.45) is 5.41 Å². The topological polar surface area (TPSA) is 33.1 Å². The van der Waals surface area contributed by atoms with Crippen molar-refractivity contribution >= 4 is 0 Å². The van der Waals surface area contributed by atoms with Crippen LogP contribution in [-0.4, -0.2) is 10.1 Å². The molecule has 0 aliphatic carbocycles. The molecule has 1 atom stereocenters. The Hall–Kier alpha value is -0.890. The minimum Gasteiger partial charge on any atom is -0.388 e. The highest BCUT2D eigenvalue weighted by Crippen LogP contribution is 2.27. The van der Waals surface area contributed by atoms with Gasteiger partial charge in [0.1, 0.15) is 0 Å². The van der Waals surface area contributed by atoms with Crippen molar-refractivity contribution in [3.63, 3.8) is 0 Å². The lowest BCUT2D eigenvalue weighted by Gasteiger charge is -2.21. The zero-order valence-corrected chi connectivity index (χ0v) is 8.36. The quantitative estimate of drug-likeness (QED) is 0.754. The monoisotopic (exact) mass is 178 g/mol. The predicted molar refractivity (Wildman–Crippen MR) is 53.0 cm³/mol. The summed E-state index contributed by atoms with van der Waals surface area (Å²) in [6.45, 7) is 6.19. The average molecular weight is 178 g/mol. The highest BCUT2D eigenvalue weighted by molar-refractivity contribution is 5.15. The third kappa shape index (κ3) is 3.55. The fourth-order valence-corrected chi connectivity index (χ4v) is 1.12. The van der Waals surface area contributed by atoms with Gasteiger partial charge in [-0.3, -0.25) is 4.98 Å². The standard InChI is InChI=1S/C11H16NO/c1-11(2,3)7-10(13)9-5-4-6-12-8-9/h4-8,10,13H,1-3H3/t10-/m1/s1. The van der Waals surface area contributed by atoms with Crippen LogP contribution in [0.15, 0.2) is 24.5 Å². The molecule has 13 heavy (non-hydrogen) atoms. The fraction of sp³-hybridized carbons (Fsp3) is 0.455. The maximum Gasteiger partial charge on any atom is 0.0841 e. The molecule has 0 fully saturated rings. The molecule has 1 aromatic heterocycles. The lowest BCUT2D eigenvalue weighted by Crippen LogP contribution is -2.12. The molecule has 1 rings (SSSR count). The molecule has 1 aromatic rings. The van der Waals surface area contributed by atoms with Crippen molar-refractivity contribution in [2.45, 2.75) is 26.9 Å². The largest absolute Gasteiger partial charge is 0.388 e. The number of aromatic nitrogens is 1. The first-order chi connectivity index (χ1) is 5.99. The molecule has 0 saturated carbocycles. The molecular formula is C11H16NO. The number of hydrogen-bond donors (Lipinski definition) is 1. The molecule has 0 spiro atoms. The molecule has 0 aliphatic heterocycles. The van der Waals surface area contributed by atoms with E-state index in [0.717, 1.165) is 5.56 Å². The Bertz CT molecular complexity index is 251. The molecule has 0 amide bonds. The van der Waals surface area contributed by atoms with Gasteiger partial charge in [-0.2, -0.15) is 0 Å². The molecular weight excluding hydrogens is 162 g/mol. The average Bonchev–Trinajstić information content (AvgIpc) is 2.03. The van der Waals surface area contributed by atoms with Gasteiger partial charge in [-0.05, 0) is 17.0 Å². The summed E-state index contributed by atoms with van der Waals surface area (Å²) in [5, 5.41) is 9.76. The van der Waals surface area contributed by atoms with Crippen LogP contribution in [0, 0.1) is 11.8 Å². The van der Waals surface area contributed by atoms with E-state index < -0.39 is 6.10 Å². The highest BCUT2D eigenvalue weighted by atomic mass is 16.3. The zero-order valence-electron chi connectivity index (χ0n) is 8.36. The third-order valence-corrected chi connectivity index (χ3v) is 1.68. The SMILES string of the molecule is CC(C)(C)[CH][C@@H](O)c1cccnc1.